The van der Waals surface area contributed by atoms with Gasteiger partial charge in [-0.25, -0.2) is 0 Å². The zero-order valence-electron chi connectivity index (χ0n) is 15.6. The Bertz CT molecular complexity index is 714. The third kappa shape index (κ3) is 4.43. The minimum absolute atomic E-state index is 0.00397. The Labute approximate surface area is 164 Å². The van der Waals surface area contributed by atoms with Crippen LogP contribution in [0.15, 0.2) is 24.3 Å². The van der Waals surface area contributed by atoms with Crippen LogP contribution in [0, 0.1) is 11.8 Å². The Morgan fingerprint density at radius 1 is 1.04 bits per heavy atom. The third-order valence-corrected chi connectivity index (χ3v) is 5.95. The lowest BCUT2D eigenvalue weighted by molar-refractivity contribution is -0.146. The molecule has 2 saturated heterocycles. The van der Waals surface area contributed by atoms with Crippen molar-refractivity contribution in [2.24, 2.45) is 17.6 Å². The van der Waals surface area contributed by atoms with Crippen LogP contribution in [0.5, 0.6) is 0 Å². The van der Waals surface area contributed by atoms with Gasteiger partial charge in [-0.05, 0) is 55.9 Å². The van der Waals surface area contributed by atoms with Gasteiger partial charge in [0.2, 0.25) is 11.8 Å². The second-order valence-corrected chi connectivity index (χ2v) is 8.09. The monoisotopic (exact) mass is 391 g/mol. The molecule has 1 aromatic carbocycles. The van der Waals surface area contributed by atoms with Crippen molar-refractivity contribution in [3.8, 4) is 0 Å². The van der Waals surface area contributed by atoms with Crippen LogP contribution < -0.4 is 5.73 Å². The van der Waals surface area contributed by atoms with Gasteiger partial charge in [0, 0.05) is 36.1 Å². The van der Waals surface area contributed by atoms with Gasteiger partial charge in [0.25, 0.3) is 5.91 Å². The van der Waals surface area contributed by atoms with E-state index in [4.69, 9.17) is 17.3 Å². The smallest absolute Gasteiger partial charge is 0.253 e. The molecule has 0 aromatic heterocycles. The van der Waals surface area contributed by atoms with Crippen molar-refractivity contribution in [1.29, 1.82) is 0 Å². The average molecular weight is 392 g/mol. The first kappa shape index (κ1) is 19.7. The van der Waals surface area contributed by atoms with E-state index in [1.807, 2.05) is 0 Å². The predicted molar refractivity (Wildman–Crippen MR) is 103 cm³/mol. The molecule has 6 nitrogen and oxygen atoms in total. The lowest BCUT2D eigenvalue weighted by Crippen LogP contribution is -2.54. The molecule has 0 spiro atoms. The number of hydrogen-bond acceptors (Lipinski definition) is 3. The molecule has 0 radical (unpaired) electrons. The van der Waals surface area contributed by atoms with Crippen LogP contribution >= 0.6 is 11.6 Å². The summed E-state index contributed by atoms with van der Waals surface area (Å²) >= 11 is 5.87. The Morgan fingerprint density at radius 3 is 2.26 bits per heavy atom. The molecule has 1 aromatic rings. The quantitative estimate of drug-likeness (QED) is 0.858. The van der Waals surface area contributed by atoms with Gasteiger partial charge in [-0.3, -0.25) is 14.4 Å². The molecule has 2 aliphatic rings. The lowest BCUT2D eigenvalue weighted by atomic mass is 9.88. The maximum atomic E-state index is 13.0. The number of carbonyl (C=O) groups is 3. The van der Waals surface area contributed by atoms with E-state index in [9.17, 15) is 14.4 Å². The summed E-state index contributed by atoms with van der Waals surface area (Å²) in [5.41, 5.74) is 6.13. The highest BCUT2D eigenvalue weighted by Gasteiger charge is 2.38. The Morgan fingerprint density at radius 2 is 1.67 bits per heavy atom. The van der Waals surface area contributed by atoms with Crippen molar-refractivity contribution >= 4 is 29.3 Å². The van der Waals surface area contributed by atoms with E-state index in [-0.39, 0.29) is 17.7 Å². The van der Waals surface area contributed by atoms with Crippen LogP contribution in [0.2, 0.25) is 5.02 Å². The molecule has 0 bridgehead atoms. The SMILES string of the molecule is CC1CCN(C(=O)C2CCN(C(=O)c3ccc(Cl)cc3)CC2)C(C(N)=O)C1. The van der Waals surface area contributed by atoms with E-state index < -0.39 is 11.9 Å². The van der Waals surface area contributed by atoms with Crippen LogP contribution in [-0.4, -0.2) is 53.2 Å². The van der Waals surface area contributed by atoms with Crippen molar-refractivity contribution in [3.63, 3.8) is 0 Å². The van der Waals surface area contributed by atoms with Crippen LogP contribution in [0.25, 0.3) is 0 Å². The Balaban J connectivity index is 1.59. The van der Waals surface area contributed by atoms with Gasteiger partial charge in [0.15, 0.2) is 0 Å². The first-order valence-electron chi connectivity index (χ1n) is 9.51. The third-order valence-electron chi connectivity index (χ3n) is 5.70. The van der Waals surface area contributed by atoms with E-state index in [1.165, 1.54) is 0 Å². The van der Waals surface area contributed by atoms with Gasteiger partial charge in [0.05, 0.1) is 0 Å². The maximum absolute atomic E-state index is 13.0. The molecular weight excluding hydrogens is 366 g/mol. The van der Waals surface area contributed by atoms with Crippen LogP contribution in [0.3, 0.4) is 0 Å². The van der Waals surface area contributed by atoms with E-state index >= 15 is 0 Å². The molecule has 2 fully saturated rings. The fourth-order valence-electron chi connectivity index (χ4n) is 4.01. The van der Waals surface area contributed by atoms with Crippen molar-refractivity contribution in [3.05, 3.63) is 34.9 Å². The molecule has 27 heavy (non-hydrogen) atoms. The molecule has 2 aliphatic heterocycles. The summed E-state index contributed by atoms with van der Waals surface area (Å²) in [7, 11) is 0. The first-order valence-corrected chi connectivity index (χ1v) is 9.89. The summed E-state index contributed by atoms with van der Waals surface area (Å²) in [6, 6.07) is 6.33. The zero-order valence-corrected chi connectivity index (χ0v) is 16.3. The summed E-state index contributed by atoms with van der Waals surface area (Å²) in [6.45, 7) is 3.73. The molecular formula is C20H26ClN3O3. The second-order valence-electron chi connectivity index (χ2n) is 7.65. The van der Waals surface area contributed by atoms with Gasteiger partial charge in [-0.2, -0.15) is 0 Å². The number of benzene rings is 1. The Kier molecular flexibility index (Phi) is 6.05. The van der Waals surface area contributed by atoms with Crippen molar-refractivity contribution in [2.75, 3.05) is 19.6 Å². The fourth-order valence-corrected chi connectivity index (χ4v) is 4.14. The minimum Gasteiger partial charge on any atom is -0.368 e. The number of nitrogens with zero attached hydrogens (tertiary/aromatic N) is 2. The number of rotatable bonds is 3. The van der Waals surface area contributed by atoms with Crippen LogP contribution in [0.4, 0.5) is 0 Å². The van der Waals surface area contributed by atoms with Crippen LogP contribution in [-0.2, 0) is 9.59 Å². The normalized spacial score (nSPS) is 23.9. The minimum atomic E-state index is -0.505. The molecule has 0 aliphatic carbocycles. The largest absolute Gasteiger partial charge is 0.368 e. The molecule has 2 heterocycles. The van der Waals surface area contributed by atoms with Gasteiger partial charge in [-0.1, -0.05) is 18.5 Å². The highest BCUT2D eigenvalue weighted by molar-refractivity contribution is 6.30. The highest BCUT2D eigenvalue weighted by atomic mass is 35.5. The lowest BCUT2D eigenvalue weighted by Gasteiger charge is -2.40. The van der Waals surface area contributed by atoms with Crippen molar-refractivity contribution in [2.45, 2.75) is 38.6 Å². The van der Waals surface area contributed by atoms with Gasteiger partial charge < -0.3 is 15.5 Å². The number of carbonyl (C=O) groups excluding carboxylic acids is 3. The molecule has 2 N–H and O–H groups in total. The topological polar surface area (TPSA) is 83.7 Å². The summed E-state index contributed by atoms with van der Waals surface area (Å²) in [5.74, 6) is -0.228. The molecule has 146 valence electrons. The summed E-state index contributed by atoms with van der Waals surface area (Å²) < 4.78 is 0. The van der Waals surface area contributed by atoms with Gasteiger partial charge >= 0.3 is 0 Å². The average Bonchev–Trinajstić information content (AvgIpc) is 2.67. The molecule has 2 unspecified atom stereocenters. The highest BCUT2D eigenvalue weighted by Crippen LogP contribution is 2.28. The molecule has 3 rings (SSSR count). The summed E-state index contributed by atoms with van der Waals surface area (Å²) in [5, 5.41) is 0.593. The van der Waals surface area contributed by atoms with Gasteiger partial charge in [0.1, 0.15) is 6.04 Å². The maximum Gasteiger partial charge on any atom is 0.253 e. The van der Waals surface area contributed by atoms with Crippen LogP contribution in [0.1, 0.15) is 43.0 Å². The number of likely N-dealkylation sites (tertiary alicyclic amines) is 2. The predicted octanol–water partition coefficient (Wildman–Crippen LogP) is 2.30. The second kappa shape index (κ2) is 8.30. The Hall–Kier alpha value is -2.08. The number of nitrogens with two attached hydrogens (primary N) is 1. The van der Waals surface area contributed by atoms with Crippen molar-refractivity contribution < 1.29 is 14.4 Å². The fraction of sp³-hybridized carbons (Fsp3) is 0.550. The van der Waals surface area contributed by atoms with E-state index in [2.05, 4.69) is 6.92 Å². The standard InChI is InChI=1S/C20H26ClN3O3/c1-13-6-11-24(17(12-13)18(22)25)20(27)15-7-9-23(10-8-15)19(26)14-2-4-16(21)5-3-14/h2-5,13,15,17H,6-12H2,1H3,(H2,22,25). The first-order chi connectivity index (χ1) is 12.9. The summed E-state index contributed by atoms with van der Waals surface area (Å²) in [6.07, 6.45) is 2.74. The van der Waals surface area contributed by atoms with E-state index in [0.717, 1.165) is 6.42 Å². The number of amides is 3. The molecule has 3 amide bonds. The van der Waals surface area contributed by atoms with E-state index in [0.29, 0.717) is 55.4 Å². The summed E-state index contributed by atoms with van der Waals surface area (Å²) in [4.78, 5) is 40.8. The molecule has 2 atom stereocenters. The number of halogens is 1. The molecule has 7 heteroatoms. The number of piperidine rings is 2. The van der Waals surface area contributed by atoms with Gasteiger partial charge in [-0.15, -0.1) is 0 Å². The van der Waals surface area contributed by atoms with E-state index in [1.54, 1.807) is 34.1 Å². The molecule has 0 saturated carbocycles. The number of primary amides is 1. The number of hydrogen-bond donors (Lipinski definition) is 1. The van der Waals surface area contributed by atoms with Crippen molar-refractivity contribution in [1.82, 2.24) is 9.80 Å². The zero-order chi connectivity index (χ0) is 19.6.